The summed E-state index contributed by atoms with van der Waals surface area (Å²) in [5.41, 5.74) is 17.7. The summed E-state index contributed by atoms with van der Waals surface area (Å²) in [5.74, 6) is 0.714. The first-order chi connectivity index (χ1) is 19.2. The van der Waals surface area contributed by atoms with Gasteiger partial charge in [0.05, 0.1) is 5.69 Å². The molecule has 3 nitrogen and oxygen atoms in total. The summed E-state index contributed by atoms with van der Waals surface area (Å²) in [5, 5.41) is 5.90. The molecule has 39 heavy (non-hydrogen) atoms. The molecule has 0 spiro atoms. The Bertz CT molecular complexity index is 1750. The highest BCUT2D eigenvalue weighted by atomic mass is 15.1. The number of fused-ring (bicyclic) bond motifs is 1. The second-order valence-corrected chi connectivity index (χ2v) is 10.6. The zero-order valence-electron chi connectivity index (χ0n) is 21.9. The van der Waals surface area contributed by atoms with Crippen LogP contribution in [-0.4, -0.2) is 5.96 Å². The average molecular weight is 506 g/mol. The zero-order valence-corrected chi connectivity index (χ0v) is 21.9. The van der Waals surface area contributed by atoms with Gasteiger partial charge in [0.2, 0.25) is 0 Å². The minimum absolute atomic E-state index is 0.307. The zero-order chi connectivity index (χ0) is 26.2. The number of aliphatic imine (C=N–C) groups is 1. The second-order valence-electron chi connectivity index (χ2n) is 10.6. The van der Waals surface area contributed by atoms with Gasteiger partial charge in [-0.2, -0.15) is 0 Å². The van der Waals surface area contributed by atoms with Gasteiger partial charge >= 0.3 is 0 Å². The molecule has 190 valence electrons. The molecule has 0 saturated heterocycles. The van der Waals surface area contributed by atoms with Crippen LogP contribution in [0.3, 0.4) is 0 Å². The predicted octanol–water partition coefficient (Wildman–Crippen LogP) is 8.44. The molecule has 1 unspecified atom stereocenters. The van der Waals surface area contributed by atoms with Crippen LogP contribution in [0.5, 0.6) is 0 Å². The van der Waals surface area contributed by atoms with Crippen LogP contribution >= 0.6 is 0 Å². The van der Waals surface area contributed by atoms with Gasteiger partial charge in [0.25, 0.3) is 0 Å². The van der Waals surface area contributed by atoms with Crippen LogP contribution in [0.25, 0.3) is 22.9 Å². The summed E-state index contributed by atoms with van der Waals surface area (Å²) in [6.45, 7) is 0. The number of anilines is 1. The Hall–Kier alpha value is -4.63. The number of benzene rings is 5. The van der Waals surface area contributed by atoms with Crippen molar-refractivity contribution in [3.05, 3.63) is 142 Å². The Kier molecular flexibility index (Phi) is 5.97. The maximum atomic E-state index is 6.54. The van der Waals surface area contributed by atoms with Crippen molar-refractivity contribution in [1.82, 2.24) is 0 Å². The number of hydrogen-bond donors (Lipinski definition) is 2. The third kappa shape index (κ3) is 4.51. The SMILES string of the molecule is NC(=Nc1ccccc1C1CCCc2ccc(Cc3ccccc3)cc21)Nc1ccc2cccc3c2c1C=C3. The fourth-order valence-electron chi connectivity index (χ4n) is 6.32. The van der Waals surface area contributed by atoms with Gasteiger partial charge < -0.3 is 11.1 Å². The summed E-state index contributed by atoms with van der Waals surface area (Å²) in [7, 11) is 0. The van der Waals surface area contributed by atoms with Crippen molar-refractivity contribution in [1.29, 1.82) is 0 Å². The summed E-state index contributed by atoms with van der Waals surface area (Å²) < 4.78 is 0. The molecule has 5 aromatic carbocycles. The van der Waals surface area contributed by atoms with E-state index in [0.29, 0.717) is 11.9 Å². The van der Waals surface area contributed by atoms with E-state index in [2.05, 4.69) is 121 Å². The molecular formula is C36H31N3. The molecule has 2 aliphatic carbocycles. The van der Waals surface area contributed by atoms with Crippen molar-refractivity contribution < 1.29 is 0 Å². The highest BCUT2D eigenvalue weighted by Crippen LogP contribution is 2.41. The quantitative estimate of drug-likeness (QED) is 0.182. The molecule has 0 bridgehead atoms. The maximum absolute atomic E-state index is 6.54. The number of nitrogens with two attached hydrogens (primary N) is 1. The molecule has 3 heteroatoms. The van der Waals surface area contributed by atoms with Crippen LogP contribution in [0.15, 0.2) is 108 Å². The van der Waals surface area contributed by atoms with E-state index in [0.717, 1.165) is 30.6 Å². The van der Waals surface area contributed by atoms with E-state index in [9.17, 15) is 0 Å². The lowest BCUT2D eigenvalue weighted by atomic mass is 9.77. The molecule has 0 heterocycles. The van der Waals surface area contributed by atoms with Crippen LogP contribution in [0.4, 0.5) is 11.4 Å². The first kappa shape index (κ1) is 23.5. The monoisotopic (exact) mass is 505 g/mol. The van der Waals surface area contributed by atoms with Gasteiger partial charge in [-0.25, -0.2) is 4.99 Å². The molecular weight excluding hydrogens is 474 g/mol. The standard InChI is InChI=1S/C36H31N3/c37-36(39-34-21-19-28-12-6-11-27-18-20-31(34)35(27)28)38-33-15-5-4-13-30(33)29-14-7-10-26-17-16-25(23-32(26)29)22-24-8-2-1-3-9-24/h1-6,8-9,11-13,15-21,23,29H,7,10,14,22H2,(H3,37,38,39). The Balaban J connectivity index is 1.21. The van der Waals surface area contributed by atoms with E-state index in [4.69, 9.17) is 10.7 Å². The van der Waals surface area contributed by atoms with Crippen molar-refractivity contribution in [3.8, 4) is 0 Å². The second kappa shape index (κ2) is 9.92. The minimum atomic E-state index is 0.307. The largest absolute Gasteiger partial charge is 0.369 e. The summed E-state index contributed by atoms with van der Waals surface area (Å²) in [6.07, 6.45) is 8.69. The molecule has 0 saturated carbocycles. The lowest BCUT2D eigenvalue weighted by molar-refractivity contribution is 0.615. The maximum Gasteiger partial charge on any atom is 0.198 e. The summed E-state index contributed by atoms with van der Waals surface area (Å²) >= 11 is 0. The summed E-state index contributed by atoms with van der Waals surface area (Å²) in [6, 6.07) is 36.9. The van der Waals surface area contributed by atoms with Crippen molar-refractivity contribution in [2.24, 2.45) is 10.7 Å². The number of para-hydroxylation sites is 1. The Morgan fingerprint density at radius 3 is 2.59 bits per heavy atom. The average Bonchev–Trinajstić information content (AvgIpc) is 3.41. The van der Waals surface area contributed by atoms with Gasteiger partial charge in [-0.05, 0) is 82.0 Å². The van der Waals surface area contributed by atoms with Gasteiger partial charge in [0.15, 0.2) is 5.96 Å². The van der Waals surface area contributed by atoms with E-state index in [1.807, 2.05) is 0 Å². The molecule has 0 radical (unpaired) electrons. The fraction of sp³-hybridized carbons (Fsp3) is 0.139. The predicted molar refractivity (Wildman–Crippen MR) is 165 cm³/mol. The Labute approximate surface area is 229 Å². The minimum Gasteiger partial charge on any atom is -0.369 e. The van der Waals surface area contributed by atoms with Crippen molar-refractivity contribution in [3.63, 3.8) is 0 Å². The molecule has 5 aromatic rings. The third-order valence-electron chi connectivity index (χ3n) is 8.14. The van der Waals surface area contributed by atoms with E-state index in [1.54, 1.807) is 0 Å². The number of hydrogen-bond acceptors (Lipinski definition) is 1. The molecule has 0 aromatic heterocycles. The van der Waals surface area contributed by atoms with Gasteiger partial charge in [-0.1, -0.05) is 103 Å². The first-order valence-corrected chi connectivity index (χ1v) is 13.8. The van der Waals surface area contributed by atoms with Crippen molar-refractivity contribution in [2.75, 3.05) is 5.32 Å². The Morgan fingerprint density at radius 2 is 1.67 bits per heavy atom. The molecule has 2 aliphatic rings. The van der Waals surface area contributed by atoms with Crippen LogP contribution < -0.4 is 11.1 Å². The molecule has 0 amide bonds. The molecule has 7 rings (SSSR count). The van der Waals surface area contributed by atoms with Gasteiger partial charge in [-0.15, -0.1) is 0 Å². The first-order valence-electron chi connectivity index (χ1n) is 13.8. The van der Waals surface area contributed by atoms with Gasteiger partial charge in [0, 0.05) is 17.2 Å². The number of rotatable bonds is 5. The van der Waals surface area contributed by atoms with Crippen molar-refractivity contribution in [2.45, 2.75) is 31.6 Å². The lowest BCUT2D eigenvalue weighted by Gasteiger charge is -2.27. The van der Waals surface area contributed by atoms with Gasteiger partial charge in [0.1, 0.15) is 0 Å². The number of aryl methyl sites for hydroxylation is 1. The highest BCUT2D eigenvalue weighted by Gasteiger charge is 2.24. The number of nitrogens with one attached hydrogen (secondary N) is 1. The molecule has 1 atom stereocenters. The third-order valence-corrected chi connectivity index (χ3v) is 8.14. The highest BCUT2D eigenvalue weighted by molar-refractivity contribution is 6.10. The van der Waals surface area contributed by atoms with E-state index >= 15 is 0 Å². The van der Waals surface area contributed by atoms with E-state index in [1.165, 1.54) is 56.1 Å². The lowest BCUT2D eigenvalue weighted by Crippen LogP contribution is -2.22. The topological polar surface area (TPSA) is 50.4 Å². The number of guanidine groups is 1. The van der Waals surface area contributed by atoms with E-state index in [-0.39, 0.29) is 0 Å². The molecule has 0 aliphatic heterocycles. The van der Waals surface area contributed by atoms with Crippen LogP contribution in [0, 0.1) is 0 Å². The Morgan fingerprint density at radius 1 is 0.795 bits per heavy atom. The van der Waals surface area contributed by atoms with Crippen LogP contribution in [0.1, 0.15) is 57.7 Å². The number of nitrogens with zero attached hydrogens (tertiary/aromatic N) is 1. The molecule has 0 fully saturated rings. The normalized spacial score (nSPS) is 15.9. The van der Waals surface area contributed by atoms with Crippen molar-refractivity contribution >= 4 is 40.3 Å². The fourth-order valence-corrected chi connectivity index (χ4v) is 6.32. The van der Waals surface area contributed by atoms with E-state index < -0.39 is 0 Å². The van der Waals surface area contributed by atoms with Crippen LogP contribution in [0.2, 0.25) is 0 Å². The van der Waals surface area contributed by atoms with Crippen LogP contribution in [-0.2, 0) is 12.8 Å². The molecule has 3 N–H and O–H groups in total. The summed E-state index contributed by atoms with van der Waals surface area (Å²) in [4.78, 5) is 4.92. The smallest absolute Gasteiger partial charge is 0.198 e. The van der Waals surface area contributed by atoms with Gasteiger partial charge in [-0.3, -0.25) is 0 Å².